The molecule has 1 aliphatic heterocycles. The molecule has 0 aromatic heterocycles. The molecule has 0 bridgehead atoms. The standard InChI is InChI=1S/C11H19N3O2/c1-10(2)9-16-11(15)14-7-5-13(4-3-12)6-8-14/h10H,4-9H2,1-2H3. The molecule has 0 aromatic rings. The maximum Gasteiger partial charge on any atom is 0.409 e. The Labute approximate surface area is 96.6 Å². The molecular formula is C11H19N3O2. The van der Waals surface area contributed by atoms with E-state index < -0.39 is 0 Å². The van der Waals surface area contributed by atoms with Gasteiger partial charge in [-0.1, -0.05) is 13.8 Å². The summed E-state index contributed by atoms with van der Waals surface area (Å²) in [6.45, 7) is 7.74. The van der Waals surface area contributed by atoms with Gasteiger partial charge in [-0.15, -0.1) is 0 Å². The number of rotatable bonds is 3. The molecule has 90 valence electrons. The van der Waals surface area contributed by atoms with Crippen molar-refractivity contribution in [3.63, 3.8) is 0 Å². The van der Waals surface area contributed by atoms with Gasteiger partial charge in [0, 0.05) is 26.2 Å². The minimum Gasteiger partial charge on any atom is -0.449 e. The Hall–Kier alpha value is -1.28. The molecule has 1 amide bonds. The molecule has 1 saturated heterocycles. The van der Waals surface area contributed by atoms with Crippen LogP contribution in [0.15, 0.2) is 0 Å². The molecule has 5 heteroatoms. The Kier molecular flexibility index (Phi) is 5.06. The van der Waals surface area contributed by atoms with E-state index in [2.05, 4.69) is 6.07 Å². The number of hydrogen-bond acceptors (Lipinski definition) is 4. The van der Waals surface area contributed by atoms with Crippen molar-refractivity contribution < 1.29 is 9.53 Å². The summed E-state index contributed by atoms with van der Waals surface area (Å²) in [5, 5.41) is 8.54. The highest BCUT2D eigenvalue weighted by Crippen LogP contribution is 2.04. The third kappa shape index (κ3) is 4.07. The second-order valence-electron chi connectivity index (χ2n) is 4.39. The van der Waals surface area contributed by atoms with Gasteiger partial charge in [-0.2, -0.15) is 5.26 Å². The van der Waals surface area contributed by atoms with Crippen LogP contribution in [-0.4, -0.2) is 55.2 Å². The summed E-state index contributed by atoms with van der Waals surface area (Å²) in [5.74, 6) is 0.365. The fourth-order valence-electron chi connectivity index (χ4n) is 1.52. The van der Waals surface area contributed by atoms with E-state index in [9.17, 15) is 4.79 Å². The van der Waals surface area contributed by atoms with E-state index in [1.165, 1.54) is 0 Å². The topological polar surface area (TPSA) is 56.6 Å². The molecule has 0 atom stereocenters. The van der Waals surface area contributed by atoms with Crippen LogP contribution in [-0.2, 0) is 4.74 Å². The number of piperazine rings is 1. The Morgan fingerprint density at radius 3 is 2.50 bits per heavy atom. The lowest BCUT2D eigenvalue weighted by atomic mass is 10.2. The summed E-state index contributed by atoms with van der Waals surface area (Å²) in [6.07, 6.45) is -0.231. The monoisotopic (exact) mass is 225 g/mol. The molecule has 0 saturated carbocycles. The molecule has 0 aromatic carbocycles. The summed E-state index contributed by atoms with van der Waals surface area (Å²) in [4.78, 5) is 15.3. The Morgan fingerprint density at radius 2 is 2.00 bits per heavy atom. The summed E-state index contributed by atoms with van der Waals surface area (Å²) < 4.78 is 5.14. The average Bonchev–Trinajstić information content (AvgIpc) is 2.27. The largest absolute Gasteiger partial charge is 0.449 e. The quantitative estimate of drug-likeness (QED) is 0.670. The molecule has 1 fully saturated rings. The lowest BCUT2D eigenvalue weighted by Gasteiger charge is -2.32. The highest BCUT2D eigenvalue weighted by atomic mass is 16.6. The van der Waals surface area contributed by atoms with Crippen molar-refractivity contribution in [1.82, 2.24) is 9.80 Å². The van der Waals surface area contributed by atoms with Crippen molar-refractivity contribution in [2.75, 3.05) is 39.3 Å². The van der Waals surface area contributed by atoms with E-state index in [4.69, 9.17) is 10.00 Å². The molecule has 5 nitrogen and oxygen atoms in total. The fourth-order valence-corrected chi connectivity index (χ4v) is 1.52. The predicted octanol–water partition coefficient (Wildman–Crippen LogP) is 0.920. The van der Waals surface area contributed by atoms with Gasteiger partial charge in [0.1, 0.15) is 0 Å². The van der Waals surface area contributed by atoms with Crippen molar-refractivity contribution in [1.29, 1.82) is 5.26 Å². The zero-order chi connectivity index (χ0) is 12.0. The van der Waals surface area contributed by atoms with Crippen LogP contribution in [0.2, 0.25) is 0 Å². The van der Waals surface area contributed by atoms with E-state index in [0.29, 0.717) is 32.2 Å². The Morgan fingerprint density at radius 1 is 1.38 bits per heavy atom. The van der Waals surface area contributed by atoms with Crippen LogP contribution in [0.25, 0.3) is 0 Å². The van der Waals surface area contributed by atoms with Crippen molar-refractivity contribution in [3.8, 4) is 6.07 Å². The van der Waals surface area contributed by atoms with Gasteiger partial charge in [-0.05, 0) is 5.92 Å². The maximum absolute atomic E-state index is 11.6. The van der Waals surface area contributed by atoms with Gasteiger partial charge in [-0.25, -0.2) is 4.79 Å². The maximum atomic E-state index is 11.6. The van der Waals surface area contributed by atoms with Crippen molar-refractivity contribution >= 4 is 6.09 Å². The first-order valence-corrected chi connectivity index (χ1v) is 5.64. The summed E-state index contributed by atoms with van der Waals surface area (Å²) in [6, 6.07) is 2.11. The van der Waals surface area contributed by atoms with Crippen LogP contribution in [0.1, 0.15) is 13.8 Å². The van der Waals surface area contributed by atoms with Gasteiger partial charge < -0.3 is 9.64 Å². The van der Waals surface area contributed by atoms with E-state index in [-0.39, 0.29) is 6.09 Å². The number of carbonyl (C=O) groups excluding carboxylic acids is 1. The molecule has 0 unspecified atom stereocenters. The molecule has 0 radical (unpaired) electrons. The average molecular weight is 225 g/mol. The number of hydrogen-bond donors (Lipinski definition) is 0. The first kappa shape index (κ1) is 12.8. The van der Waals surface area contributed by atoms with Crippen molar-refractivity contribution in [3.05, 3.63) is 0 Å². The Balaban J connectivity index is 2.25. The molecule has 1 heterocycles. The molecule has 1 aliphatic rings. The zero-order valence-corrected chi connectivity index (χ0v) is 9.98. The van der Waals surface area contributed by atoms with Crippen LogP contribution >= 0.6 is 0 Å². The summed E-state index contributed by atoms with van der Waals surface area (Å²) in [7, 11) is 0. The second kappa shape index (κ2) is 6.33. The third-order valence-electron chi connectivity index (χ3n) is 2.46. The number of carbonyl (C=O) groups is 1. The SMILES string of the molecule is CC(C)COC(=O)N1CCN(CC#N)CC1. The molecule has 0 N–H and O–H groups in total. The van der Waals surface area contributed by atoms with E-state index in [1.54, 1.807) is 4.90 Å². The van der Waals surface area contributed by atoms with Crippen LogP contribution in [0.4, 0.5) is 4.79 Å². The van der Waals surface area contributed by atoms with Gasteiger partial charge >= 0.3 is 6.09 Å². The smallest absolute Gasteiger partial charge is 0.409 e. The fraction of sp³-hybridized carbons (Fsp3) is 0.818. The lowest BCUT2D eigenvalue weighted by molar-refractivity contribution is 0.0717. The highest BCUT2D eigenvalue weighted by Gasteiger charge is 2.21. The summed E-state index contributed by atoms with van der Waals surface area (Å²) >= 11 is 0. The minimum absolute atomic E-state index is 0.231. The van der Waals surface area contributed by atoms with E-state index >= 15 is 0 Å². The Bertz CT molecular complexity index is 265. The van der Waals surface area contributed by atoms with Crippen LogP contribution < -0.4 is 0 Å². The van der Waals surface area contributed by atoms with Crippen molar-refractivity contribution in [2.45, 2.75) is 13.8 Å². The molecule has 0 spiro atoms. The van der Waals surface area contributed by atoms with E-state index in [0.717, 1.165) is 13.1 Å². The van der Waals surface area contributed by atoms with Crippen LogP contribution in [0.3, 0.4) is 0 Å². The molecule has 1 rings (SSSR count). The van der Waals surface area contributed by atoms with E-state index in [1.807, 2.05) is 18.7 Å². The van der Waals surface area contributed by atoms with Gasteiger partial charge in [0.15, 0.2) is 0 Å². The molecule has 0 aliphatic carbocycles. The zero-order valence-electron chi connectivity index (χ0n) is 9.98. The van der Waals surface area contributed by atoms with Gasteiger partial charge in [0.2, 0.25) is 0 Å². The lowest BCUT2D eigenvalue weighted by Crippen LogP contribution is -2.49. The van der Waals surface area contributed by atoms with Crippen molar-refractivity contribution in [2.24, 2.45) is 5.92 Å². The first-order valence-electron chi connectivity index (χ1n) is 5.64. The predicted molar refractivity (Wildman–Crippen MR) is 59.8 cm³/mol. The molecular weight excluding hydrogens is 206 g/mol. The number of ether oxygens (including phenoxy) is 1. The van der Waals surface area contributed by atoms with Crippen LogP contribution in [0.5, 0.6) is 0 Å². The number of amides is 1. The first-order chi connectivity index (χ1) is 7.63. The minimum atomic E-state index is -0.231. The number of nitriles is 1. The second-order valence-corrected chi connectivity index (χ2v) is 4.39. The summed E-state index contributed by atoms with van der Waals surface area (Å²) in [5.41, 5.74) is 0. The van der Waals surface area contributed by atoms with Crippen LogP contribution in [0, 0.1) is 17.2 Å². The highest BCUT2D eigenvalue weighted by molar-refractivity contribution is 5.67. The number of nitrogens with zero attached hydrogens (tertiary/aromatic N) is 3. The van der Waals surface area contributed by atoms with Gasteiger partial charge in [-0.3, -0.25) is 4.90 Å². The normalized spacial score (nSPS) is 17.2. The molecule has 16 heavy (non-hydrogen) atoms. The third-order valence-corrected chi connectivity index (χ3v) is 2.46. The van der Waals surface area contributed by atoms with Gasteiger partial charge in [0.05, 0.1) is 19.2 Å². The van der Waals surface area contributed by atoms with Gasteiger partial charge in [0.25, 0.3) is 0 Å².